The summed E-state index contributed by atoms with van der Waals surface area (Å²) in [5.41, 5.74) is 0. The average molecular weight is 416 g/mol. The number of hydrogen-bond donors (Lipinski definition) is 0. The predicted molar refractivity (Wildman–Crippen MR) is 94.7 cm³/mol. The van der Waals surface area contributed by atoms with E-state index >= 15 is 0 Å². The molecule has 9 nitrogen and oxygen atoms in total. The quantitative estimate of drug-likeness (QED) is 0.498. The molecule has 0 aliphatic carbocycles. The first kappa shape index (κ1) is 22.5. The molecule has 2 aliphatic heterocycles. The van der Waals surface area contributed by atoms with Crippen LogP contribution in [0, 0.1) is 0 Å². The van der Waals surface area contributed by atoms with Gasteiger partial charge in [-0.05, 0) is 27.2 Å². The van der Waals surface area contributed by atoms with Crippen molar-refractivity contribution in [3.63, 3.8) is 0 Å². The third-order valence-corrected chi connectivity index (χ3v) is 10.3. The highest BCUT2D eigenvalue weighted by molar-refractivity contribution is 7.73. The molecule has 26 heavy (non-hydrogen) atoms. The summed E-state index contributed by atoms with van der Waals surface area (Å²) in [5.74, 6) is -1.02. The van der Waals surface area contributed by atoms with E-state index in [0.717, 1.165) is 0 Å². The molecule has 3 unspecified atom stereocenters. The second-order valence-corrected chi connectivity index (χ2v) is 12.1. The Morgan fingerprint density at radius 3 is 2.19 bits per heavy atom. The number of rotatable bonds is 10. The maximum absolute atomic E-state index is 13.2. The Balaban J connectivity index is 2.06. The lowest BCUT2D eigenvalue weighted by molar-refractivity contribution is -0.227. The van der Waals surface area contributed by atoms with E-state index in [4.69, 9.17) is 32.5 Å². The van der Waals surface area contributed by atoms with Gasteiger partial charge in [-0.3, -0.25) is 9.13 Å². The monoisotopic (exact) mass is 416 g/mol. The molecule has 2 saturated heterocycles. The maximum Gasteiger partial charge on any atom is 0.339 e. The van der Waals surface area contributed by atoms with Gasteiger partial charge in [-0.1, -0.05) is 0 Å². The van der Waals surface area contributed by atoms with Gasteiger partial charge < -0.3 is 32.5 Å². The molecule has 0 aromatic carbocycles. The summed E-state index contributed by atoms with van der Waals surface area (Å²) in [5, 5.41) is 0. The fourth-order valence-electron chi connectivity index (χ4n) is 3.25. The van der Waals surface area contributed by atoms with Crippen molar-refractivity contribution < 1.29 is 41.6 Å². The molecule has 2 heterocycles. The van der Waals surface area contributed by atoms with Gasteiger partial charge in [-0.25, -0.2) is 0 Å². The van der Waals surface area contributed by atoms with E-state index in [-0.39, 0.29) is 37.0 Å². The summed E-state index contributed by atoms with van der Waals surface area (Å²) in [6, 6.07) is 0. The van der Waals surface area contributed by atoms with Crippen LogP contribution in [0.2, 0.25) is 0 Å². The Morgan fingerprint density at radius 1 is 1.04 bits per heavy atom. The first-order valence-corrected chi connectivity index (χ1v) is 12.3. The van der Waals surface area contributed by atoms with Crippen molar-refractivity contribution in [2.75, 3.05) is 40.0 Å². The minimum absolute atomic E-state index is 0.158. The Bertz CT molecular complexity index is 559. The molecule has 2 fully saturated rings. The highest BCUT2D eigenvalue weighted by atomic mass is 31.2. The molecule has 2 aliphatic rings. The van der Waals surface area contributed by atoms with E-state index in [1.807, 2.05) is 13.8 Å². The van der Waals surface area contributed by atoms with Gasteiger partial charge in [0.1, 0.15) is 18.1 Å². The van der Waals surface area contributed by atoms with Crippen molar-refractivity contribution in [3.05, 3.63) is 0 Å². The summed E-state index contributed by atoms with van der Waals surface area (Å²) in [6.45, 7) is 5.62. The molecule has 0 aromatic rings. The third-order valence-electron chi connectivity index (χ3n) is 4.40. The van der Waals surface area contributed by atoms with Crippen LogP contribution < -0.4 is 0 Å². The number of fused-ring (bicyclic) bond motifs is 1. The van der Waals surface area contributed by atoms with E-state index < -0.39 is 27.0 Å². The fourth-order valence-corrected chi connectivity index (χ4v) is 8.58. The maximum atomic E-state index is 13.2. The Hall–Kier alpha value is 0.180. The van der Waals surface area contributed by atoms with Crippen molar-refractivity contribution in [1.29, 1.82) is 0 Å². The number of hydrogen-bond acceptors (Lipinski definition) is 9. The van der Waals surface area contributed by atoms with E-state index in [2.05, 4.69) is 0 Å². The average Bonchev–Trinajstić information content (AvgIpc) is 3.06. The van der Waals surface area contributed by atoms with Crippen molar-refractivity contribution in [3.8, 4) is 0 Å². The van der Waals surface area contributed by atoms with Crippen molar-refractivity contribution in [1.82, 2.24) is 0 Å². The first-order chi connectivity index (χ1) is 12.1. The van der Waals surface area contributed by atoms with Crippen molar-refractivity contribution >= 4 is 15.0 Å². The van der Waals surface area contributed by atoms with E-state index in [0.29, 0.717) is 6.42 Å². The zero-order valence-corrected chi connectivity index (χ0v) is 18.0. The summed E-state index contributed by atoms with van der Waals surface area (Å²) >= 11 is 0. The van der Waals surface area contributed by atoms with Gasteiger partial charge in [-0.2, -0.15) is 0 Å². The fraction of sp³-hybridized carbons (Fsp3) is 1.00. The molecule has 154 valence electrons. The Labute approximate surface area is 154 Å². The van der Waals surface area contributed by atoms with Crippen molar-refractivity contribution in [2.45, 2.75) is 57.6 Å². The molecule has 0 aromatic heterocycles. The second-order valence-electron chi connectivity index (χ2n) is 6.71. The van der Waals surface area contributed by atoms with Crippen LogP contribution in [0.15, 0.2) is 0 Å². The highest BCUT2D eigenvalue weighted by Gasteiger charge is 2.55. The molecule has 11 heteroatoms. The van der Waals surface area contributed by atoms with Gasteiger partial charge >= 0.3 is 7.60 Å². The lowest BCUT2D eigenvalue weighted by Crippen LogP contribution is -2.30. The first-order valence-electron chi connectivity index (χ1n) is 8.58. The van der Waals surface area contributed by atoms with Gasteiger partial charge in [0.05, 0.1) is 12.7 Å². The summed E-state index contributed by atoms with van der Waals surface area (Å²) in [6.07, 6.45) is -1.07. The topological polar surface area (TPSA) is 98.8 Å². The Morgan fingerprint density at radius 2 is 1.65 bits per heavy atom. The molecular weight excluding hydrogens is 386 g/mol. The highest BCUT2D eigenvalue weighted by Crippen LogP contribution is 2.63. The lowest BCUT2D eigenvalue weighted by Gasteiger charge is -2.25. The van der Waals surface area contributed by atoms with Gasteiger partial charge in [0.15, 0.2) is 12.1 Å². The summed E-state index contributed by atoms with van der Waals surface area (Å²) in [7, 11) is -2.65. The summed E-state index contributed by atoms with van der Waals surface area (Å²) < 4.78 is 63.8. The van der Waals surface area contributed by atoms with Crippen LogP contribution in [0.4, 0.5) is 0 Å². The number of ether oxygens (including phenoxy) is 4. The lowest BCUT2D eigenvalue weighted by atomic mass is 10.1. The van der Waals surface area contributed by atoms with E-state index in [9.17, 15) is 9.13 Å². The SMILES string of the molecule is CCOP(=O)(CC[C@H]1O[C@@H](OC)C2OC(C)(C)OC21)CP(=O)(OC)OC. The minimum Gasteiger partial charge on any atom is -0.353 e. The molecule has 0 amide bonds. The standard InChI is InChI=1S/C15H30O9P2/c1-7-21-25(16,10-26(17,19-5)20-6)9-8-11-12-13(14(18-4)22-11)24-15(2,3)23-12/h11-14H,7-10H2,1-6H3/t11-,12?,13?,14-,25?/m1/s1. The van der Waals surface area contributed by atoms with Crippen LogP contribution in [-0.2, 0) is 41.6 Å². The zero-order valence-electron chi connectivity index (χ0n) is 16.2. The molecule has 0 N–H and O–H groups in total. The van der Waals surface area contributed by atoms with E-state index in [1.165, 1.54) is 21.3 Å². The Kier molecular flexibility index (Phi) is 7.50. The van der Waals surface area contributed by atoms with Crippen molar-refractivity contribution in [2.24, 2.45) is 0 Å². The minimum atomic E-state index is -3.46. The number of methoxy groups -OCH3 is 1. The van der Waals surface area contributed by atoms with Gasteiger partial charge in [0, 0.05) is 27.5 Å². The smallest absolute Gasteiger partial charge is 0.339 e. The zero-order chi connectivity index (χ0) is 19.6. The normalized spacial score (nSPS) is 33.2. The predicted octanol–water partition coefficient (Wildman–Crippen LogP) is 3.03. The van der Waals surface area contributed by atoms with Crippen LogP contribution in [0.1, 0.15) is 27.2 Å². The van der Waals surface area contributed by atoms with Crippen LogP contribution in [-0.4, -0.2) is 70.4 Å². The molecule has 0 spiro atoms. The molecule has 0 saturated carbocycles. The second kappa shape index (κ2) is 8.68. The van der Waals surface area contributed by atoms with Gasteiger partial charge in [0.25, 0.3) is 0 Å². The largest absolute Gasteiger partial charge is 0.353 e. The molecule has 0 bridgehead atoms. The molecular formula is C15H30O9P2. The molecule has 5 atom stereocenters. The van der Waals surface area contributed by atoms with E-state index in [1.54, 1.807) is 6.92 Å². The molecule has 0 radical (unpaired) electrons. The third kappa shape index (κ3) is 5.16. The van der Waals surface area contributed by atoms with Crippen LogP contribution in [0.3, 0.4) is 0 Å². The van der Waals surface area contributed by atoms with Gasteiger partial charge in [0.2, 0.25) is 7.37 Å². The van der Waals surface area contributed by atoms with Gasteiger partial charge in [-0.15, -0.1) is 0 Å². The van der Waals surface area contributed by atoms with Crippen LogP contribution in [0.25, 0.3) is 0 Å². The molecule has 2 rings (SSSR count). The summed E-state index contributed by atoms with van der Waals surface area (Å²) in [4.78, 5) is 0. The van der Waals surface area contributed by atoms with Crippen LogP contribution >= 0.6 is 15.0 Å². The van der Waals surface area contributed by atoms with Crippen LogP contribution in [0.5, 0.6) is 0 Å².